The lowest BCUT2D eigenvalue weighted by molar-refractivity contribution is -0.139. The summed E-state index contributed by atoms with van der Waals surface area (Å²) in [5.74, 6) is -0.529. The van der Waals surface area contributed by atoms with Crippen molar-refractivity contribution in [2.24, 2.45) is 0 Å². The highest BCUT2D eigenvalue weighted by atomic mass is 32.2. The van der Waals surface area contributed by atoms with Gasteiger partial charge in [-0.1, -0.05) is 18.2 Å². The molecule has 2 aromatic carbocycles. The van der Waals surface area contributed by atoms with Gasteiger partial charge in [0.05, 0.1) is 0 Å². The maximum absolute atomic E-state index is 12.5. The van der Waals surface area contributed by atoms with E-state index in [1.807, 2.05) is 24.3 Å². The maximum Gasteiger partial charge on any atom is 0.341 e. The average Bonchev–Trinajstić information content (AvgIpc) is 2.45. The lowest BCUT2D eigenvalue weighted by atomic mass is 10.0. The van der Waals surface area contributed by atoms with E-state index in [4.69, 9.17) is 9.84 Å². The number of benzene rings is 2. The second kappa shape index (κ2) is 5.19. The first-order valence-corrected chi connectivity index (χ1v) is 7.27. The van der Waals surface area contributed by atoms with Crippen molar-refractivity contribution >= 4 is 17.1 Å². The smallest absolute Gasteiger partial charge is 0.341 e. The van der Waals surface area contributed by atoms with Gasteiger partial charge in [-0.3, -0.25) is 0 Å². The number of hydrogen-bond donors (Lipinski definition) is 1. The van der Waals surface area contributed by atoms with Crippen LogP contribution in [0.1, 0.15) is 11.1 Å². The molecular weight excluding hydrogens is 276 g/mol. The van der Waals surface area contributed by atoms with Crippen molar-refractivity contribution in [3.63, 3.8) is 0 Å². The van der Waals surface area contributed by atoms with Crippen molar-refractivity contribution in [3.05, 3.63) is 53.6 Å². The van der Waals surface area contributed by atoms with Crippen molar-refractivity contribution in [2.75, 3.05) is 6.61 Å². The average molecular weight is 288 g/mol. The van der Waals surface area contributed by atoms with Crippen LogP contribution in [-0.2, 0) is 22.4 Å². The summed E-state index contributed by atoms with van der Waals surface area (Å²) in [6.45, 7) is -0.377. The molecule has 4 nitrogen and oxygen atoms in total. The first kappa shape index (κ1) is 13.0. The van der Waals surface area contributed by atoms with Crippen LogP contribution in [0.4, 0.5) is 0 Å². The lowest BCUT2D eigenvalue weighted by Gasteiger charge is -2.21. The maximum atomic E-state index is 12.5. The van der Waals surface area contributed by atoms with Crippen LogP contribution in [0.2, 0.25) is 0 Å². The second-order valence-corrected chi connectivity index (χ2v) is 5.92. The first-order valence-electron chi connectivity index (χ1n) is 6.12. The van der Waals surface area contributed by atoms with Crippen LogP contribution in [0.5, 0.6) is 5.75 Å². The molecule has 1 unspecified atom stereocenters. The quantitative estimate of drug-likeness (QED) is 0.879. The first-order chi connectivity index (χ1) is 9.65. The molecule has 5 heteroatoms. The molecule has 0 radical (unpaired) electrons. The molecule has 1 atom stereocenters. The Hall–Kier alpha value is -1.98. The van der Waals surface area contributed by atoms with E-state index >= 15 is 0 Å². The fraction of sp³-hybridized carbons (Fsp3) is 0.133. The molecule has 102 valence electrons. The van der Waals surface area contributed by atoms with E-state index in [0.717, 1.165) is 20.9 Å². The summed E-state index contributed by atoms with van der Waals surface area (Å²) >= 11 is -1.18. The number of carboxylic acid groups (broad SMARTS) is 1. The molecule has 1 N–H and O–H groups in total. The zero-order chi connectivity index (χ0) is 14.1. The standard InChI is InChI=1S/C15H12O4S/c16-15(17)9-19-12-5-6-14-11(8-12)7-10-3-1-2-4-13(10)20(14)18/h1-6,8H,7,9H2,(H,16,17). The number of aliphatic carboxylic acids is 1. The number of fused-ring (bicyclic) bond motifs is 2. The molecule has 20 heavy (non-hydrogen) atoms. The van der Waals surface area contributed by atoms with Crippen LogP contribution in [0.25, 0.3) is 0 Å². The number of rotatable bonds is 3. The minimum atomic E-state index is -1.18. The monoisotopic (exact) mass is 288 g/mol. The van der Waals surface area contributed by atoms with Crippen molar-refractivity contribution in [1.82, 2.24) is 0 Å². The Labute approximate surface area is 119 Å². The predicted molar refractivity (Wildman–Crippen MR) is 73.5 cm³/mol. The Morgan fingerprint density at radius 3 is 2.75 bits per heavy atom. The molecule has 1 aliphatic rings. The molecule has 2 aromatic rings. The van der Waals surface area contributed by atoms with Crippen molar-refractivity contribution < 1.29 is 19.2 Å². The van der Waals surface area contributed by atoms with Crippen molar-refractivity contribution in [1.29, 1.82) is 0 Å². The van der Waals surface area contributed by atoms with Crippen molar-refractivity contribution in [2.45, 2.75) is 16.2 Å². The summed E-state index contributed by atoms with van der Waals surface area (Å²) in [7, 11) is 0. The van der Waals surface area contributed by atoms with Crippen LogP contribution >= 0.6 is 0 Å². The lowest BCUT2D eigenvalue weighted by Crippen LogP contribution is -2.15. The molecule has 1 aliphatic heterocycles. The van der Waals surface area contributed by atoms with E-state index in [1.54, 1.807) is 18.2 Å². The highest BCUT2D eigenvalue weighted by molar-refractivity contribution is 7.91. The topological polar surface area (TPSA) is 69.6 Å². The summed E-state index contributed by atoms with van der Waals surface area (Å²) in [4.78, 5) is 12.1. The molecule has 1 heterocycles. The zero-order valence-electron chi connectivity index (χ0n) is 10.5. The van der Waals surface area contributed by atoms with Gasteiger partial charge in [0, 0.05) is 28.7 Å². The molecule has 0 amide bonds. The Morgan fingerprint density at radius 2 is 1.95 bits per heavy atom. The minimum absolute atomic E-state index is 0.377. The second-order valence-electron chi connectivity index (χ2n) is 4.51. The molecule has 3 rings (SSSR count). The normalized spacial score (nSPS) is 16.1. The number of carbonyl (C=O) groups is 1. The van der Waals surface area contributed by atoms with E-state index in [1.165, 1.54) is 0 Å². The molecule has 0 aliphatic carbocycles. The number of hydrogen-bond acceptors (Lipinski definition) is 3. The van der Waals surface area contributed by atoms with Gasteiger partial charge in [0.15, 0.2) is 16.4 Å². The van der Waals surface area contributed by atoms with Gasteiger partial charge >= 0.3 is 5.97 Å². The third-order valence-corrected chi connectivity index (χ3v) is 4.74. The van der Waals surface area contributed by atoms with Crippen LogP contribution in [0.3, 0.4) is 0 Å². The minimum Gasteiger partial charge on any atom is -0.606 e. The van der Waals surface area contributed by atoms with Gasteiger partial charge in [-0.05, 0) is 24.3 Å². The molecule has 0 bridgehead atoms. The summed E-state index contributed by atoms with van der Waals surface area (Å²) in [5.41, 5.74) is 1.96. The van der Waals surface area contributed by atoms with E-state index in [9.17, 15) is 9.35 Å². The van der Waals surface area contributed by atoms with Gasteiger partial charge in [0.1, 0.15) is 5.75 Å². The summed E-state index contributed by atoms with van der Waals surface area (Å²) in [5, 5.41) is 8.61. The zero-order valence-corrected chi connectivity index (χ0v) is 11.4. The largest absolute Gasteiger partial charge is 0.606 e. The predicted octanol–water partition coefficient (Wildman–Crippen LogP) is 2.22. The van der Waals surface area contributed by atoms with E-state index < -0.39 is 17.1 Å². The Bertz CT molecular complexity index is 669. The van der Waals surface area contributed by atoms with Gasteiger partial charge in [-0.25, -0.2) is 4.79 Å². The Balaban J connectivity index is 1.92. The van der Waals surface area contributed by atoms with E-state index in [0.29, 0.717) is 12.2 Å². The SMILES string of the molecule is O=C(O)COc1ccc2c(c1)Cc1ccccc1[S+]2[O-]. The summed E-state index contributed by atoms with van der Waals surface area (Å²) in [6.07, 6.45) is 0.682. The van der Waals surface area contributed by atoms with E-state index in [2.05, 4.69) is 0 Å². The molecule has 0 spiro atoms. The third-order valence-electron chi connectivity index (χ3n) is 3.15. The van der Waals surface area contributed by atoms with Crippen LogP contribution < -0.4 is 4.74 Å². The van der Waals surface area contributed by atoms with Gasteiger partial charge in [-0.2, -0.15) is 0 Å². The third kappa shape index (κ3) is 2.37. The summed E-state index contributed by atoms with van der Waals surface area (Å²) in [6, 6.07) is 12.8. The fourth-order valence-electron chi connectivity index (χ4n) is 2.26. The molecule has 0 aromatic heterocycles. The highest BCUT2D eigenvalue weighted by Crippen LogP contribution is 2.35. The van der Waals surface area contributed by atoms with Gasteiger partial charge in [-0.15, -0.1) is 0 Å². The molecular formula is C15H12O4S. The Kier molecular flexibility index (Phi) is 3.38. The highest BCUT2D eigenvalue weighted by Gasteiger charge is 2.28. The van der Waals surface area contributed by atoms with E-state index in [-0.39, 0.29) is 6.61 Å². The molecule has 0 saturated carbocycles. The molecule has 0 saturated heterocycles. The van der Waals surface area contributed by atoms with Crippen LogP contribution in [0.15, 0.2) is 52.3 Å². The van der Waals surface area contributed by atoms with Gasteiger partial charge in [0.2, 0.25) is 0 Å². The van der Waals surface area contributed by atoms with Gasteiger partial charge < -0.3 is 14.4 Å². The Morgan fingerprint density at radius 1 is 1.20 bits per heavy atom. The van der Waals surface area contributed by atoms with Crippen molar-refractivity contribution in [3.8, 4) is 5.75 Å². The fourth-order valence-corrected chi connectivity index (χ4v) is 3.64. The number of carboxylic acids is 1. The molecule has 0 fully saturated rings. The summed E-state index contributed by atoms with van der Waals surface area (Å²) < 4.78 is 17.6. The number of ether oxygens (including phenoxy) is 1. The van der Waals surface area contributed by atoms with Crippen LogP contribution in [0, 0.1) is 0 Å². The van der Waals surface area contributed by atoms with Gasteiger partial charge in [0.25, 0.3) is 0 Å². The van der Waals surface area contributed by atoms with Crippen LogP contribution in [-0.4, -0.2) is 22.2 Å².